The van der Waals surface area contributed by atoms with Crippen molar-refractivity contribution in [3.63, 3.8) is 0 Å². The first-order valence-electron chi connectivity index (χ1n) is 16.1. The second-order valence-corrected chi connectivity index (χ2v) is 18.6. The monoisotopic (exact) mass is 1050 g/mol. The van der Waals surface area contributed by atoms with Crippen LogP contribution in [0.2, 0.25) is 0 Å². The molecule has 63 heavy (non-hydrogen) atoms. The molecule has 6 rings (SSSR count). The standard InChI is InChI=1S/C34H29N7O14S4.2Cu.2Na/c1-35-56(46,47)21-5-9-27(42)25(15-21)38-40-31-29(58(50,51)52)13-17-11-19(3-7-23(17)33(31)44)37-20-4-8-24-18(12-20)14-30(59(53,54)55)32(34(24)45)41-39-26-16-22(6-10-28(26)43)57(48,49)36-2;;;;/h3-16,35-37,42-45H,1-2H3,(H,50,51,52)(H,53,54,55);;;;/q;2*+2;2*+1/p-6. The summed E-state index contributed by atoms with van der Waals surface area (Å²) >= 11 is 0. The molecule has 0 amide bonds. The van der Waals surface area contributed by atoms with Crippen molar-refractivity contribution in [1.82, 2.24) is 9.44 Å². The normalized spacial score (nSPS) is 12.1. The van der Waals surface area contributed by atoms with E-state index in [0.717, 1.165) is 62.6 Å². The van der Waals surface area contributed by atoms with E-state index in [1.807, 2.05) is 9.44 Å². The molecule has 0 heterocycles. The van der Waals surface area contributed by atoms with E-state index in [2.05, 4.69) is 25.8 Å². The number of fused-ring (bicyclic) bond motifs is 2. The molecule has 29 heteroatoms. The van der Waals surface area contributed by atoms with Gasteiger partial charge < -0.3 is 34.8 Å². The van der Waals surface area contributed by atoms with Crippen molar-refractivity contribution >= 4 is 96.0 Å². The van der Waals surface area contributed by atoms with E-state index in [-0.39, 0.29) is 126 Å². The largest absolute Gasteiger partial charge is 2.00 e. The molecule has 0 atom stereocenters. The van der Waals surface area contributed by atoms with Gasteiger partial charge in [-0.2, -0.15) is 10.2 Å². The third-order valence-electron chi connectivity index (χ3n) is 8.42. The minimum absolute atomic E-state index is 0. The van der Waals surface area contributed by atoms with E-state index >= 15 is 0 Å². The van der Waals surface area contributed by atoms with Crippen molar-refractivity contribution in [2.45, 2.75) is 19.6 Å². The van der Waals surface area contributed by atoms with Crippen molar-refractivity contribution in [3.8, 4) is 23.0 Å². The molecule has 0 aromatic heterocycles. The fraction of sp³-hybridized carbons (Fsp3) is 0.0588. The van der Waals surface area contributed by atoms with Crippen LogP contribution in [-0.2, 0) is 74.4 Å². The molecule has 3 N–H and O–H groups in total. The van der Waals surface area contributed by atoms with E-state index in [1.54, 1.807) is 0 Å². The van der Waals surface area contributed by atoms with Crippen LogP contribution in [0, 0.1) is 0 Å². The number of anilines is 2. The summed E-state index contributed by atoms with van der Waals surface area (Å²) in [5.41, 5.74) is -2.75. The van der Waals surface area contributed by atoms with Gasteiger partial charge in [0.05, 0.1) is 42.3 Å². The Kier molecular flexibility index (Phi) is 18.9. The summed E-state index contributed by atoms with van der Waals surface area (Å²) in [6, 6.07) is 14.7. The first-order chi connectivity index (χ1) is 27.5. The fourth-order valence-corrected chi connectivity index (χ4v) is 8.28. The molecule has 0 saturated heterocycles. The minimum Gasteiger partial charge on any atom is -0.871 e. The molecule has 6 aromatic rings. The average Bonchev–Trinajstić information content (AvgIpc) is 3.17. The number of nitrogens with zero attached hydrogens (tertiary/aromatic N) is 4. The Morgan fingerprint density at radius 1 is 0.476 bits per heavy atom. The molecular formula is C34H23Cu2N7Na2O14S4. The average molecular weight is 1050 g/mol. The van der Waals surface area contributed by atoms with Crippen LogP contribution in [-0.4, -0.2) is 56.9 Å². The summed E-state index contributed by atoms with van der Waals surface area (Å²) < 4.78 is 127. The number of hydrogen-bond donors (Lipinski definition) is 3. The second-order valence-electron chi connectivity index (χ2n) is 12.1. The first-order valence-corrected chi connectivity index (χ1v) is 21.9. The van der Waals surface area contributed by atoms with E-state index in [0.29, 0.717) is 0 Å². The summed E-state index contributed by atoms with van der Waals surface area (Å²) in [6.45, 7) is 0. The maximum absolute atomic E-state index is 13.5. The molecule has 0 fully saturated rings. The smallest absolute Gasteiger partial charge is 0.871 e. The zero-order chi connectivity index (χ0) is 43.2. The fourth-order valence-electron chi connectivity index (χ4n) is 5.50. The van der Waals surface area contributed by atoms with Crippen LogP contribution >= 0.6 is 0 Å². The summed E-state index contributed by atoms with van der Waals surface area (Å²) in [5, 5.41) is 68.3. The van der Waals surface area contributed by atoms with Crippen molar-refractivity contribution in [1.29, 1.82) is 0 Å². The molecule has 6 aromatic carbocycles. The Bertz CT molecular complexity index is 3060. The quantitative estimate of drug-likeness (QED) is 0.0608. The van der Waals surface area contributed by atoms with E-state index < -0.39 is 106 Å². The summed E-state index contributed by atoms with van der Waals surface area (Å²) in [6.07, 6.45) is 0. The zero-order valence-corrected chi connectivity index (χ0v) is 41.5. The Morgan fingerprint density at radius 3 is 1.14 bits per heavy atom. The van der Waals surface area contributed by atoms with Crippen molar-refractivity contribution in [3.05, 3.63) is 84.9 Å². The molecule has 0 unspecified atom stereocenters. The second kappa shape index (κ2) is 21.4. The third kappa shape index (κ3) is 12.1. The Morgan fingerprint density at radius 2 is 0.825 bits per heavy atom. The Labute approximate surface area is 424 Å². The molecule has 0 bridgehead atoms. The molecule has 0 aliphatic carbocycles. The maximum atomic E-state index is 13.5. The first kappa shape index (κ1) is 55.8. The number of nitrogens with one attached hydrogen (secondary N) is 3. The summed E-state index contributed by atoms with van der Waals surface area (Å²) in [5.74, 6) is -3.85. The van der Waals surface area contributed by atoms with Crippen LogP contribution in [0.15, 0.2) is 125 Å². The van der Waals surface area contributed by atoms with Gasteiger partial charge in [0.1, 0.15) is 20.2 Å². The maximum Gasteiger partial charge on any atom is 2.00 e. The van der Waals surface area contributed by atoms with Gasteiger partial charge in [-0.3, -0.25) is 0 Å². The van der Waals surface area contributed by atoms with Gasteiger partial charge in [0, 0.05) is 11.4 Å². The van der Waals surface area contributed by atoms with Crippen molar-refractivity contribution in [2.75, 3.05) is 19.4 Å². The molecule has 0 aliphatic heterocycles. The van der Waals surface area contributed by atoms with Crippen LogP contribution in [0.5, 0.6) is 23.0 Å². The van der Waals surface area contributed by atoms with Gasteiger partial charge in [0.15, 0.2) is 0 Å². The molecule has 326 valence electrons. The number of rotatable bonds is 12. The zero-order valence-electron chi connectivity index (χ0n) is 32.3. The molecule has 2 radical (unpaired) electrons. The Balaban J connectivity index is 0.00000341. The molecular weight excluding hydrogens is 1030 g/mol. The Hall–Kier alpha value is -3.28. The van der Waals surface area contributed by atoms with Gasteiger partial charge in [-0.1, -0.05) is 47.3 Å². The van der Waals surface area contributed by atoms with Crippen molar-refractivity contribution < 1.29 is 156 Å². The van der Waals surface area contributed by atoms with E-state index in [4.69, 9.17) is 0 Å². The minimum atomic E-state index is -5.42. The molecule has 0 spiro atoms. The van der Waals surface area contributed by atoms with Crippen LogP contribution in [0.4, 0.5) is 34.1 Å². The number of benzene rings is 6. The predicted molar refractivity (Wildman–Crippen MR) is 199 cm³/mol. The van der Waals surface area contributed by atoms with E-state index in [1.165, 1.54) is 36.4 Å². The summed E-state index contributed by atoms with van der Waals surface area (Å²) in [7, 11) is -16.7. The number of azo groups is 2. The predicted octanol–water partition coefficient (Wildman–Crippen LogP) is -3.51. The van der Waals surface area contributed by atoms with Gasteiger partial charge in [-0.25, -0.2) is 43.1 Å². The van der Waals surface area contributed by atoms with Gasteiger partial charge in [0.25, 0.3) is 0 Å². The van der Waals surface area contributed by atoms with Gasteiger partial charge in [-0.15, -0.1) is 10.2 Å². The van der Waals surface area contributed by atoms with E-state index in [9.17, 15) is 63.2 Å². The van der Waals surface area contributed by atoms with Gasteiger partial charge in [-0.05, 0) is 96.3 Å². The summed E-state index contributed by atoms with van der Waals surface area (Å²) in [4.78, 5) is -3.01. The SMILES string of the molecule is CNS(=O)(=O)c1ccc([O-])c(N=Nc2c(S(=O)(=O)[O-])cc3cc(Nc4ccc5c([O-])c(N=Nc6cc(S(=O)(=O)NC)ccc6[O-])c(S(=O)(=O)[O-])cc5c4)ccc3c2[O-])c1.[Cu+2].[Cu+2].[Na+].[Na+]. The third-order valence-corrected chi connectivity index (χ3v) is 12.9. The topological polar surface area (TPSA) is 360 Å². The molecule has 21 nitrogen and oxygen atoms in total. The van der Waals surface area contributed by atoms with Gasteiger partial charge in [0.2, 0.25) is 20.0 Å². The van der Waals surface area contributed by atoms with Crippen LogP contribution in [0.1, 0.15) is 0 Å². The van der Waals surface area contributed by atoms with Crippen LogP contribution in [0.3, 0.4) is 0 Å². The molecule has 0 saturated carbocycles. The van der Waals surface area contributed by atoms with Gasteiger partial charge >= 0.3 is 93.3 Å². The molecule has 0 aliphatic rings. The number of hydrogen-bond acceptors (Lipinski definition) is 19. The van der Waals surface area contributed by atoms with Crippen LogP contribution < -0.4 is 94.3 Å². The van der Waals surface area contributed by atoms with Crippen LogP contribution in [0.25, 0.3) is 21.5 Å². The van der Waals surface area contributed by atoms with Crippen molar-refractivity contribution in [2.24, 2.45) is 20.5 Å². The number of sulfonamides is 2.